The van der Waals surface area contributed by atoms with E-state index in [0.717, 1.165) is 17.4 Å². The van der Waals surface area contributed by atoms with Gasteiger partial charge in [-0.05, 0) is 48.0 Å². The van der Waals surface area contributed by atoms with Gasteiger partial charge in [0.2, 0.25) is 0 Å². The number of methoxy groups -OCH3 is 1. The Morgan fingerprint density at radius 1 is 1.11 bits per heavy atom. The number of anilines is 1. The Morgan fingerprint density at radius 2 is 1.80 bits per heavy atom. The monoisotopic (exact) mass is 532 g/mol. The first kappa shape index (κ1) is 24.8. The Hall–Kier alpha value is -3.33. The number of nitrogens with one attached hydrogen (secondary N) is 1. The number of rotatable bonds is 7. The summed E-state index contributed by atoms with van der Waals surface area (Å²) >= 11 is 18.4. The van der Waals surface area contributed by atoms with E-state index in [9.17, 15) is 14.9 Å². The zero-order valence-corrected chi connectivity index (χ0v) is 20.6. The van der Waals surface area contributed by atoms with Gasteiger partial charge in [0.1, 0.15) is 11.3 Å². The van der Waals surface area contributed by atoms with Crippen molar-refractivity contribution >= 4 is 57.8 Å². The number of nitro benzene ring substituents is 1. The third-order valence-corrected chi connectivity index (χ3v) is 6.26. The number of hydrazone groups is 1. The van der Waals surface area contributed by atoms with Crippen LogP contribution in [0.25, 0.3) is 0 Å². The molecule has 1 heterocycles. The quantitative estimate of drug-likeness (QED) is 0.284. The summed E-state index contributed by atoms with van der Waals surface area (Å²) in [5, 5.41) is 21.7. The van der Waals surface area contributed by atoms with Crippen molar-refractivity contribution in [1.29, 1.82) is 0 Å². The SMILES string of the molecule is COc1ccc(C2CC(CNC(=O)c3ccc(Cl)cc3[N+](=O)[O-])=NN2c2ccc(Cl)cc2Cl)cc1. The van der Waals surface area contributed by atoms with Gasteiger partial charge in [-0.3, -0.25) is 19.9 Å². The van der Waals surface area contributed by atoms with Crippen molar-refractivity contribution in [2.45, 2.75) is 12.5 Å². The molecule has 3 aromatic rings. The second-order valence-corrected chi connectivity index (χ2v) is 8.98. The number of carbonyl (C=O) groups is 1. The molecule has 0 saturated heterocycles. The standard InChI is InChI=1S/C24H19Cl3N4O4/c1-35-18-6-2-14(3-7-18)22-12-17(29-30(22)21-9-5-15(25)10-20(21)27)13-28-24(32)19-8-4-16(26)11-23(19)31(33)34/h2-11,22H,12-13H2,1H3,(H,28,32). The second kappa shape index (κ2) is 10.5. The van der Waals surface area contributed by atoms with Gasteiger partial charge in [0, 0.05) is 22.5 Å². The zero-order chi connectivity index (χ0) is 25.1. The van der Waals surface area contributed by atoms with Gasteiger partial charge in [0.15, 0.2) is 0 Å². The topological polar surface area (TPSA) is 97.1 Å². The highest BCUT2D eigenvalue weighted by atomic mass is 35.5. The van der Waals surface area contributed by atoms with Gasteiger partial charge >= 0.3 is 0 Å². The highest BCUT2D eigenvalue weighted by Crippen LogP contribution is 2.40. The van der Waals surface area contributed by atoms with Crippen LogP contribution in [0.5, 0.6) is 5.75 Å². The van der Waals surface area contributed by atoms with Crippen molar-refractivity contribution in [3.05, 3.63) is 97.0 Å². The van der Waals surface area contributed by atoms with E-state index >= 15 is 0 Å². The number of hydrogen-bond donors (Lipinski definition) is 1. The summed E-state index contributed by atoms with van der Waals surface area (Å²) in [5.41, 5.74) is 1.85. The predicted octanol–water partition coefficient (Wildman–Crippen LogP) is 6.30. The van der Waals surface area contributed by atoms with Crippen LogP contribution in [0.3, 0.4) is 0 Å². The van der Waals surface area contributed by atoms with E-state index in [1.807, 2.05) is 24.3 Å². The Balaban J connectivity index is 1.59. The summed E-state index contributed by atoms with van der Waals surface area (Å²) in [4.78, 5) is 23.4. The lowest BCUT2D eigenvalue weighted by Crippen LogP contribution is -2.29. The summed E-state index contributed by atoms with van der Waals surface area (Å²) in [5.74, 6) is 0.126. The minimum Gasteiger partial charge on any atom is -0.497 e. The second-order valence-electron chi connectivity index (χ2n) is 7.70. The maximum absolute atomic E-state index is 12.7. The molecule has 180 valence electrons. The molecule has 0 aliphatic carbocycles. The van der Waals surface area contributed by atoms with E-state index < -0.39 is 10.8 Å². The lowest BCUT2D eigenvalue weighted by Gasteiger charge is -2.25. The van der Waals surface area contributed by atoms with Gasteiger partial charge in [-0.25, -0.2) is 0 Å². The van der Waals surface area contributed by atoms with Crippen LogP contribution in [0, 0.1) is 10.1 Å². The van der Waals surface area contributed by atoms with Crippen molar-refractivity contribution in [2.75, 3.05) is 18.7 Å². The van der Waals surface area contributed by atoms with Gasteiger partial charge in [-0.1, -0.05) is 46.9 Å². The van der Waals surface area contributed by atoms with Crippen LogP contribution < -0.4 is 15.1 Å². The average Bonchev–Trinajstić information content (AvgIpc) is 3.26. The Morgan fingerprint density at radius 3 is 2.46 bits per heavy atom. The van der Waals surface area contributed by atoms with Crippen LogP contribution in [0.2, 0.25) is 15.1 Å². The van der Waals surface area contributed by atoms with Crippen molar-refractivity contribution in [1.82, 2.24) is 5.32 Å². The van der Waals surface area contributed by atoms with E-state index in [1.165, 1.54) is 12.1 Å². The van der Waals surface area contributed by atoms with Crippen LogP contribution in [0.1, 0.15) is 28.4 Å². The van der Waals surface area contributed by atoms with Crippen molar-refractivity contribution in [2.24, 2.45) is 5.10 Å². The molecular weight excluding hydrogens is 515 g/mol. The van der Waals surface area contributed by atoms with Crippen molar-refractivity contribution in [3.63, 3.8) is 0 Å². The maximum Gasteiger partial charge on any atom is 0.283 e. The minimum atomic E-state index is -0.641. The first-order chi connectivity index (χ1) is 16.8. The smallest absolute Gasteiger partial charge is 0.283 e. The summed E-state index contributed by atoms with van der Waals surface area (Å²) in [6.07, 6.45) is 0.494. The van der Waals surface area contributed by atoms with E-state index in [4.69, 9.17) is 44.6 Å². The normalized spacial score (nSPS) is 15.0. The molecule has 4 rings (SSSR count). The molecule has 1 aliphatic heterocycles. The maximum atomic E-state index is 12.7. The fourth-order valence-electron chi connectivity index (χ4n) is 3.78. The van der Waals surface area contributed by atoms with Crippen LogP contribution in [0.4, 0.5) is 11.4 Å². The summed E-state index contributed by atoms with van der Waals surface area (Å²) in [6, 6.07) is 16.4. The highest BCUT2D eigenvalue weighted by molar-refractivity contribution is 6.36. The van der Waals surface area contributed by atoms with Gasteiger partial charge < -0.3 is 10.1 Å². The molecule has 0 bridgehead atoms. The molecule has 0 fully saturated rings. The Bertz CT molecular complexity index is 1310. The molecule has 35 heavy (non-hydrogen) atoms. The van der Waals surface area contributed by atoms with Gasteiger partial charge in [0.05, 0.1) is 41.0 Å². The van der Waals surface area contributed by atoms with E-state index in [2.05, 4.69) is 5.32 Å². The molecule has 0 aromatic heterocycles. The lowest BCUT2D eigenvalue weighted by molar-refractivity contribution is -0.385. The number of amides is 1. The van der Waals surface area contributed by atoms with Crippen molar-refractivity contribution in [3.8, 4) is 5.75 Å². The molecule has 0 radical (unpaired) electrons. The zero-order valence-electron chi connectivity index (χ0n) is 18.4. The third kappa shape index (κ3) is 5.51. The van der Waals surface area contributed by atoms with Crippen molar-refractivity contribution < 1.29 is 14.5 Å². The summed E-state index contributed by atoms with van der Waals surface area (Å²) in [7, 11) is 1.60. The molecule has 0 saturated carbocycles. The predicted molar refractivity (Wildman–Crippen MR) is 137 cm³/mol. The lowest BCUT2D eigenvalue weighted by atomic mass is 10.0. The number of hydrogen-bond acceptors (Lipinski definition) is 6. The molecule has 8 nitrogen and oxygen atoms in total. The molecule has 1 aliphatic rings. The Kier molecular flexibility index (Phi) is 7.45. The van der Waals surface area contributed by atoms with Crippen LogP contribution >= 0.6 is 34.8 Å². The molecule has 1 unspecified atom stereocenters. The number of benzene rings is 3. The van der Waals surface area contributed by atoms with Crippen LogP contribution in [0.15, 0.2) is 65.8 Å². The number of nitro groups is 1. The fourth-order valence-corrected chi connectivity index (χ4v) is 4.44. The van der Waals surface area contributed by atoms with E-state index in [-0.39, 0.29) is 28.9 Å². The summed E-state index contributed by atoms with van der Waals surface area (Å²) < 4.78 is 5.26. The minimum absolute atomic E-state index is 0.0812. The molecular formula is C24H19Cl3N4O4. The molecule has 3 aromatic carbocycles. The van der Waals surface area contributed by atoms with Gasteiger partial charge in [-0.2, -0.15) is 5.10 Å². The van der Waals surface area contributed by atoms with Gasteiger partial charge in [-0.15, -0.1) is 0 Å². The number of ether oxygens (including phenoxy) is 1. The summed E-state index contributed by atoms with van der Waals surface area (Å²) in [6.45, 7) is 0.0903. The molecule has 11 heteroatoms. The third-order valence-electron chi connectivity index (χ3n) is 5.48. The number of nitrogens with zero attached hydrogens (tertiary/aromatic N) is 3. The fraction of sp³-hybridized carbons (Fsp3) is 0.167. The first-order valence-electron chi connectivity index (χ1n) is 10.4. The number of halogens is 3. The first-order valence-corrected chi connectivity index (χ1v) is 11.6. The Labute approximate surface area is 216 Å². The molecule has 0 spiro atoms. The highest BCUT2D eigenvalue weighted by Gasteiger charge is 2.31. The van der Waals surface area contributed by atoms with E-state index in [1.54, 1.807) is 30.3 Å². The molecule has 1 amide bonds. The van der Waals surface area contributed by atoms with Crippen LogP contribution in [-0.4, -0.2) is 30.2 Å². The largest absolute Gasteiger partial charge is 0.497 e. The van der Waals surface area contributed by atoms with Gasteiger partial charge in [0.25, 0.3) is 11.6 Å². The average molecular weight is 534 g/mol. The van der Waals surface area contributed by atoms with Crippen LogP contribution in [-0.2, 0) is 0 Å². The van der Waals surface area contributed by atoms with E-state index in [0.29, 0.717) is 27.9 Å². The number of carbonyl (C=O) groups excluding carboxylic acids is 1. The molecule has 1 atom stereocenters. The molecule has 1 N–H and O–H groups in total.